The molecule has 0 saturated carbocycles. The molecule has 1 unspecified atom stereocenters. The molecule has 1 aromatic heterocycles. The molecule has 0 aliphatic carbocycles. The van der Waals surface area contributed by atoms with Crippen LogP contribution in [0.5, 0.6) is 0 Å². The molecule has 0 spiro atoms. The summed E-state index contributed by atoms with van der Waals surface area (Å²) in [5, 5.41) is 11.9. The number of fused-ring (bicyclic) bond motifs is 3. The normalized spacial score (nSPS) is 13.0. The lowest BCUT2D eigenvalue weighted by Crippen LogP contribution is -2.38. The van der Waals surface area contributed by atoms with Gasteiger partial charge in [-0.2, -0.15) is 0 Å². The third-order valence-corrected chi connectivity index (χ3v) is 6.66. The van der Waals surface area contributed by atoms with Gasteiger partial charge >= 0.3 is 0 Å². The fourth-order valence-corrected chi connectivity index (χ4v) is 5.01. The van der Waals surface area contributed by atoms with Crippen LogP contribution in [0.1, 0.15) is 5.56 Å². The summed E-state index contributed by atoms with van der Waals surface area (Å²) in [6.45, 7) is 0.244. The molecule has 0 saturated heterocycles. The molecule has 0 fully saturated rings. The van der Waals surface area contributed by atoms with Crippen LogP contribution >= 0.6 is 0 Å². The first kappa shape index (κ1) is 23.2. The van der Waals surface area contributed by atoms with Gasteiger partial charge in [0.05, 0.1) is 37.7 Å². The van der Waals surface area contributed by atoms with Crippen molar-refractivity contribution < 1.29 is 27.0 Å². The fraction of sp³-hybridized carbons (Fsp3) is 0.250. The maximum Gasteiger partial charge on any atom is 0.232 e. The van der Waals surface area contributed by atoms with Crippen molar-refractivity contribution in [3.8, 4) is 0 Å². The largest absolute Gasteiger partial charge is 0.389 e. The second kappa shape index (κ2) is 9.09. The zero-order chi connectivity index (χ0) is 23.8. The molecule has 1 atom stereocenters. The van der Waals surface area contributed by atoms with E-state index in [1.165, 1.54) is 24.3 Å². The number of halogens is 2. The molecule has 1 N–H and O–H groups in total. The van der Waals surface area contributed by atoms with Gasteiger partial charge in [0.2, 0.25) is 10.0 Å². The van der Waals surface area contributed by atoms with Crippen LogP contribution in [-0.4, -0.2) is 44.1 Å². The van der Waals surface area contributed by atoms with Crippen molar-refractivity contribution in [2.24, 2.45) is 0 Å². The highest BCUT2D eigenvalue weighted by atomic mass is 32.2. The van der Waals surface area contributed by atoms with Gasteiger partial charge in [-0.05, 0) is 54.1 Å². The van der Waals surface area contributed by atoms with Gasteiger partial charge < -0.3 is 14.4 Å². The van der Waals surface area contributed by atoms with Crippen molar-refractivity contribution in [1.82, 2.24) is 4.57 Å². The molecular formula is C24H24F2N2O4S. The predicted molar refractivity (Wildman–Crippen MR) is 125 cm³/mol. The summed E-state index contributed by atoms with van der Waals surface area (Å²) in [4.78, 5) is 0. The molecule has 4 aromatic rings. The molecular weight excluding hydrogens is 450 g/mol. The Morgan fingerprint density at radius 2 is 1.52 bits per heavy atom. The molecule has 0 bridgehead atoms. The van der Waals surface area contributed by atoms with Gasteiger partial charge in [0, 0.05) is 28.9 Å². The van der Waals surface area contributed by atoms with Crippen LogP contribution in [0.2, 0.25) is 0 Å². The topological polar surface area (TPSA) is 71.8 Å². The minimum Gasteiger partial charge on any atom is -0.389 e. The second-order valence-electron chi connectivity index (χ2n) is 7.98. The van der Waals surface area contributed by atoms with E-state index in [2.05, 4.69) is 0 Å². The molecule has 6 nitrogen and oxygen atoms in total. The Balaban J connectivity index is 1.67. The minimum absolute atomic E-state index is 0.0328. The zero-order valence-electron chi connectivity index (χ0n) is 18.2. The number of aromatic nitrogens is 1. The number of anilines is 1. The molecule has 0 aliphatic rings. The highest BCUT2D eigenvalue weighted by molar-refractivity contribution is 7.92. The van der Waals surface area contributed by atoms with Crippen LogP contribution in [0, 0.1) is 11.6 Å². The van der Waals surface area contributed by atoms with E-state index in [-0.39, 0.29) is 13.1 Å². The third-order valence-electron chi connectivity index (χ3n) is 5.49. The van der Waals surface area contributed by atoms with E-state index in [1.54, 1.807) is 48.1 Å². The van der Waals surface area contributed by atoms with E-state index in [0.717, 1.165) is 16.1 Å². The molecule has 174 valence electrons. The number of sulfonamides is 1. The summed E-state index contributed by atoms with van der Waals surface area (Å²) in [7, 11) is -2.11. The van der Waals surface area contributed by atoms with Crippen molar-refractivity contribution in [3.63, 3.8) is 0 Å². The number of hydrogen-bond donors (Lipinski definition) is 1. The van der Waals surface area contributed by atoms with E-state index in [4.69, 9.17) is 4.74 Å². The van der Waals surface area contributed by atoms with E-state index in [1.807, 2.05) is 0 Å². The number of benzene rings is 3. The first-order valence-corrected chi connectivity index (χ1v) is 12.1. The molecule has 33 heavy (non-hydrogen) atoms. The van der Waals surface area contributed by atoms with Crippen molar-refractivity contribution in [2.45, 2.75) is 19.3 Å². The summed E-state index contributed by atoms with van der Waals surface area (Å²) in [6, 6.07) is 15.2. The van der Waals surface area contributed by atoms with E-state index < -0.39 is 27.8 Å². The van der Waals surface area contributed by atoms with Crippen LogP contribution in [0.25, 0.3) is 21.8 Å². The maximum atomic E-state index is 13.9. The van der Waals surface area contributed by atoms with Crippen LogP contribution in [0.4, 0.5) is 14.5 Å². The molecule has 4 rings (SSSR count). The third kappa shape index (κ3) is 4.85. The Morgan fingerprint density at radius 1 is 0.970 bits per heavy atom. The average Bonchev–Trinajstić information content (AvgIpc) is 3.04. The molecule has 0 aliphatic heterocycles. The van der Waals surface area contributed by atoms with Gasteiger partial charge in [-0.15, -0.1) is 0 Å². The highest BCUT2D eigenvalue weighted by Crippen LogP contribution is 2.31. The molecule has 9 heteroatoms. The number of hydrogen-bond acceptors (Lipinski definition) is 4. The van der Waals surface area contributed by atoms with Gasteiger partial charge in [0.25, 0.3) is 0 Å². The van der Waals surface area contributed by atoms with Crippen LogP contribution in [0.3, 0.4) is 0 Å². The Morgan fingerprint density at radius 3 is 2.00 bits per heavy atom. The summed E-state index contributed by atoms with van der Waals surface area (Å²) < 4.78 is 60.7. The number of ether oxygens (including phenoxy) is 1. The maximum absolute atomic E-state index is 13.9. The number of rotatable bonds is 8. The van der Waals surface area contributed by atoms with Gasteiger partial charge in [-0.1, -0.05) is 12.1 Å². The predicted octanol–water partition coefficient (Wildman–Crippen LogP) is 4.05. The van der Waals surface area contributed by atoms with Gasteiger partial charge in [-0.3, -0.25) is 4.31 Å². The molecule has 0 radical (unpaired) electrons. The summed E-state index contributed by atoms with van der Waals surface area (Å²) >= 11 is 0. The Kier molecular flexibility index (Phi) is 6.38. The highest BCUT2D eigenvalue weighted by Gasteiger charge is 2.23. The fourth-order valence-electron chi connectivity index (χ4n) is 4.06. The standard InChI is InChI=1S/C24H24F2N2O4S/c1-32-15-16-3-7-19(8-4-16)28(33(2,30)31)14-20(29)13-27-23-9-5-17(25)11-21(23)22-12-18(26)6-10-24(22)27/h3-12,20,29H,13-15H2,1-2H3. The molecule has 3 aromatic carbocycles. The first-order valence-electron chi connectivity index (χ1n) is 10.3. The van der Waals surface area contributed by atoms with Crippen LogP contribution < -0.4 is 4.31 Å². The van der Waals surface area contributed by atoms with Gasteiger partial charge in [0.15, 0.2) is 0 Å². The summed E-state index contributed by atoms with van der Waals surface area (Å²) in [6.07, 6.45) is -0.0123. The van der Waals surface area contributed by atoms with Crippen molar-refractivity contribution >= 4 is 37.5 Å². The zero-order valence-corrected chi connectivity index (χ0v) is 19.0. The van der Waals surface area contributed by atoms with Crippen molar-refractivity contribution in [3.05, 3.63) is 77.9 Å². The summed E-state index contributed by atoms with van der Waals surface area (Å²) in [5.74, 6) is -0.905. The summed E-state index contributed by atoms with van der Waals surface area (Å²) in [5.41, 5.74) is 2.54. The van der Waals surface area contributed by atoms with E-state index in [9.17, 15) is 22.3 Å². The number of aliphatic hydroxyl groups excluding tert-OH is 1. The quantitative estimate of drug-likeness (QED) is 0.418. The van der Waals surface area contributed by atoms with E-state index >= 15 is 0 Å². The molecule has 0 amide bonds. The number of nitrogens with zero attached hydrogens (tertiary/aromatic N) is 2. The lowest BCUT2D eigenvalue weighted by molar-refractivity contribution is 0.166. The lowest BCUT2D eigenvalue weighted by Gasteiger charge is -2.26. The second-order valence-corrected chi connectivity index (χ2v) is 9.89. The molecule has 1 heterocycles. The van der Waals surface area contributed by atoms with E-state index in [0.29, 0.717) is 34.1 Å². The Labute approximate surface area is 190 Å². The van der Waals surface area contributed by atoms with Crippen molar-refractivity contribution in [2.75, 3.05) is 24.2 Å². The van der Waals surface area contributed by atoms with Gasteiger partial charge in [-0.25, -0.2) is 17.2 Å². The lowest BCUT2D eigenvalue weighted by atomic mass is 10.1. The minimum atomic E-state index is -3.68. The first-order chi connectivity index (χ1) is 15.7. The number of aliphatic hydroxyl groups is 1. The van der Waals surface area contributed by atoms with Gasteiger partial charge in [0.1, 0.15) is 11.6 Å². The average molecular weight is 475 g/mol. The monoisotopic (exact) mass is 474 g/mol. The van der Waals surface area contributed by atoms with Crippen LogP contribution in [0.15, 0.2) is 60.7 Å². The Hall–Kier alpha value is -3.01. The number of methoxy groups -OCH3 is 1. The Bertz CT molecular complexity index is 1340. The van der Waals surface area contributed by atoms with Crippen molar-refractivity contribution in [1.29, 1.82) is 0 Å². The van der Waals surface area contributed by atoms with Crippen LogP contribution in [-0.2, 0) is 27.9 Å². The SMILES string of the molecule is COCc1ccc(N(CC(O)Cn2c3ccc(F)cc3c3cc(F)ccc32)S(C)(=O)=O)cc1. The smallest absolute Gasteiger partial charge is 0.232 e.